The van der Waals surface area contributed by atoms with Crippen LogP contribution in [0.15, 0.2) is 54.6 Å². The van der Waals surface area contributed by atoms with E-state index in [1.807, 2.05) is 36.4 Å². The molecule has 35 heavy (non-hydrogen) atoms. The predicted molar refractivity (Wildman–Crippen MR) is 128 cm³/mol. The molecule has 1 aliphatic carbocycles. The molecule has 0 spiro atoms. The number of aliphatic carboxylic acids is 1. The lowest BCUT2D eigenvalue weighted by atomic mass is 9.98. The van der Waals surface area contributed by atoms with E-state index in [1.54, 1.807) is 14.0 Å². The molecule has 0 saturated carbocycles. The summed E-state index contributed by atoms with van der Waals surface area (Å²) in [5, 5.41) is 16.4. The van der Waals surface area contributed by atoms with Gasteiger partial charge in [0.15, 0.2) is 5.69 Å². The molecule has 0 radical (unpaired) electrons. The monoisotopic (exact) mass is 474 g/mol. The number of anilines is 1. The number of amides is 2. The number of carbonyl (C=O) groups excluding carboxylic acids is 2. The molecule has 9 heteroatoms. The Morgan fingerprint density at radius 3 is 2.37 bits per heavy atom. The van der Waals surface area contributed by atoms with Gasteiger partial charge in [0.1, 0.15) is 18.0 Å². The van der Waals surface area contributed by atoms with Gasteiger partial charge in [-0.2, -0.15) is 5.10 Å². The Labute approximate surface area is 202 Å². The molecule has 0 bridgehead atoms. The number of carboxylic acids is 1. The van der Waals surface area contributed by atoms with Crippen molar-refractivity contribution in [3.63, 3.8) is 0 Å². The lowest BCUT2D eigenvalue weighted by Crippen LogP contribution is -2.50. The molecule has 0 unspecified atom stereocenters. The first-order valence-electron chi connectivity index (χ1n) is 11.5. The van der Waals surface area contributed by atoms with Crippen molar-refractivity contribution in [2.45, 2.75) is 31.2 Å². The van der Waals surface area contributed by atoms with Crippen LogP contribution < -0.4 is 5.32 Å². The maximum absolute atomic E-state index is 13.0. The van der Waals surface area contributed by atoms with Gasteiger partial charge in [0.2, 0.25) is 0 Å². The van der Waals surface area contributed by atoms with E-state index in [0.29, 0.717) is 19.4 Å². The summed E-state index contributed by atoms with van der Waals surface area (Å²) in [4.78, 5) is 38.7. The van der Waals surface area contributed by atoms with E-state index in [-0.39, 0.29) is 24.0 Å². The number of ether oxygens (including phenoxy) is 1. The number of likely N-dealkylation sites (tertiary alicyclic amines) is 1. The maximum atomic E-state index is 13.0. The summed E-state index contributed by atoms with van der Waals surface area (Å²) >= 11 is 0. The smallest absolute Gasteiger partial charge is 0.412 e. The minimum Gasteiger partial charge on any atom is -0.480 e. The molecule has 2 N–H and O–H groups in total. The summed E-state index contributed by atoms with van der Waals surface area (Å²) < 4.78 is 6.93. The molecule has 1 saturated heterocycles. The summed E-state index contributed by atoms with van der Waals surface area (Å²) in [6.45, 7) is 2.04. The number of hydrogen-bond acceptors (Lipinski definition) is 5. The third kappa shape index (κ3) is 3.82. The van der Waals surface area contributed by atoms with Crippen LogP contribution in [0.25, 0.3) is 11.1 Å². The molecule has 5 rings (SSSR count). The number of carboxylic acid groups (broad SMARTS) is 1. The van der Waals surface area contributed by atoms with Crippen LogP contribution in [0, 0.1) is 0 Å². The zero-order valence-electron chi connectivity index (χ0n) is 19.5. The highest BCUT2D eigenvalue weighted by atomic mass is 16.5. The second kappa shape index (κ2) is 8.57. The Kier molecular flexibility index (Phi) is 5.55. The molecule has 1 fully saturated rings. The summed E-state index contributed by atoms with van der Waals surface area (Å²) in [5.74, 6) is -1.32. The van der Waals surface area contributed by atoms with Crippen LogP contribution in [-0.2, 0) is 16.6 Å². The van der Waals surface area contributed by atoms with Crippen molar-refractivity contribution in [2.75, 3.05) is 18.5 Å². The van der Waals surface area contributed by atoms with E-state index in [2.05, 4.69) is 22.5 Å². The summed E-state index contributed by atoms with van der Waals surface area (Å²) in [6, 6.07) is 17.6. The second-order valence-corrected chi connectivity index (χ2v) is 9.13. The quantitative estimate of drug-likeness (QED) is 0.581. The zero-order chi connectivity index (χ0) is 24.7. The van der Waals surface area contributed by atoms with Gasteiger partial charge in [-0.1, -0.05) is 48.5 Å². The third-order valence-corrected chi connectivity index (χ3v) is 7.02. The van der Waals surface area contributed by atoms with Gasteiger partial charge in [0, 0.05) is 25.6 Å². The Hall–Kier alpha value is -4.14. The predicted octanol–water partition coefficient (Wildman–Crippen LogP) is 3.86. The molecule has 2 aliphatic rings. The van der Waals surface area contributed by atoms with Crippen LogP contribution in [-0.4, -0.2) is 56.4 Å². The van der Waals surface area contributed by atoms with Crippen molar-refractivity contribution in [3.05, 3.63) is 71.4 Å². The Balaban J connectivity index is 1.27. The molecular weight excluding hydrogens is 448 g/mol. The number of carbonyl (C=O) groups is 3. The molecule has 2 aromatic carbocycles. The van der Waals surface area contributed by atoms with Crippen LogP contribution in [0.3, 0.4) is 0 Å². The van der Waals surface area contributed by atoms with Gasteiger partial charge in [-0.05, 0) is 42.0 Å². The topological polar surface area (TPSA) is 114 Å². The molecule has 3 aromatic rings. The first-order chi connectivity index (χ1) is 16.8. The maximum Gasteiger partial charge on any atom is 0.412 e. The van der Waals surface area contributed by atoms with Gasteiger partial charge in [-0.15, -0.1) is 0 Å². The van der Waals surface area contributed by atoms with Crippen molar-refractivity contribution < 1.29 is 24.2 Å². The van der Waals surface area contributed by atoms with Crippen LogP contribution in [0.5, 0.6) is 0 Å². The molecular formula is C26H26N4O5. The van der Waals surface area contributed by atoms with Crippen LogP contribution >= 0.6 is 0 Å². The van der Waals surface area contributed by atoms with Crippen molar-refractivity contribution in [1.82, 2.24) is 14.7 Å². The van der Waals surface area contributed by atoms with Gasteiger partial charge in [-0.3, -0.25) is 14.8 Å². The van der Waals surface area contributed by atoms with E-state index >= 15 is 0 Å². The second-order valence-electron chi connectivity index (χ2n) is 9.13. The normalized spacial score (nSPS) is 18.7. The summed E-state index contributed by atoms with van der Waals surface area (Å²) in [7, 11) is 1.59. The average Bonchev–Trinajstić information content (AvgIpc) is 3.52. The zero-order valence-corrected chi connectivity index (χ0v) is 19.5. The van der Waals surface area contributed by atoms with Gasteiger partial charge >= 0.3 is 12.1 Å². The SMILES string of the molecule is Cn1nc(C(=O)N2CCC[C@]2(C)C(=O)O)cc1NC(=O)OCC1c2ccccc2-c2ccccc21. The lowest BCUT2D eigenvalue weighted by molar-refractivity contribution is -0.147. The highest BCUT2D eigenvalue weighted by Crippen LogP contribution is 2.44. The number of hydrogen-bond donors (Lipinski definition) is 2. The van der Waals surface area contributed by atoms with E-state index in [9.17, 15) is 19.5 Å². The Morgan fingerprint density at radius 2 is 1.74 bits per heavy atom. The number of nitrogens with one attached hydrogen (secondary N) is 1. The van der Waals surface area contributed by atoms with Gasteiger partial charge in [0.05, 0.1) is 0 Å². The average molecular weight is 475 g/mol. The third-order valence-electron chi connectivity index (χ3n) is 7.02. The molecule has 1 aromatic heterocycles. The fraction of sp³-hybridized carbons (Fsp3) is 0.308. The van der Waals surface area contributed by atoms with E-state index in [1.165, 1.54) is 15.6 Å². The fourth-order valence-corrected chi connectivity index (χ4v) is 5.08. The van der Waals surface area contributed by atoms with E-state index < -0.39 is 23.5 Å². The van der Waals surface area contributed by atoms with Gasteiger partial charge in [-0.25, -0.2) is 9.59 Å². The lowest BCUT2D eigenvalue weighted by Gasteiger charge is -2.30. The first-order valence-corrected chi connectivity index (χ1v) is 11.5. The fourth-order valence-electron chi connectivity index (χ4n) is 5.08. The Bertz CT molecular complexity index is 1290. The van der Waals surface area contributed by atoms with Crippen molar-refractivity contribution in [1.29, 1.82) is 0 Å². The van der Waals surface area contributed by atoms with Crippen LogP contribution in [0.2, 0.25) is 0 Å². The van der Waals surface area contributed by atoms with E-state index in [0.717, 1.165) is 22.3 Å². The highest BCUT2D eigenvalue weighted by molar-refractivity contribution is 5.98. The van der Waals surface area contributed by atoms with E-state index in [4.69, 9.17) is 4.74 Å². The van der Waals surface area contributed by atoms with Crippen LogP contribution in [0.1, 0.15) is 47.3 Å². The molecule has 2 heterocycles. The molecule has 1 aliphatic heterocycles. The standard InChI is InChI=1S/C26H26N4O5/c1-26(24(32)33)12-7-13-30(26)23(31)21-14-22(29(2)28-21)27-25(34)35-15-20-18-10-5-3-8-16(18)17-9-4-6-11-19(17)20/h3-6,8-11,14,20H,7,12-13,15H2,1-2H3,(H,27,34)(H,32,33)/t26-/m1/s1. The molecule has 180 valence electrons. The highest BCUT2D eigenvalue weighted by Gasteiger charge is 2.46. The summed E-state index contributed by atoms with van der Waals surface area (Å²) in [5.41, 5.74) is 3.30. The summed E-state index contributed by atoms with van der Waals surface area (Å²) in [6.07, 6.45) is 0.322. The van der Waals surface area contributed by atoms with Gasteiger partial charge in [0.25, 0.3) is 5.91 Å². The molecule has 9 nitrogen and oxygen atoms in total. The molecule has 2 amide bonds. The number of aromatic nitrogens is 2. The van der Waals surface area contributed by atoms with Gasteiger partial charge < -0.3 is 14.7 Å². The largest absolute Gasteiger partial charge is 0.480 e. The van der Waals surface area contributed by atoms with Crippen molar-refractivity contribution in [2.24, 2.45) is 7.05 Å². The number of fused-ring (bicyclic) bond motifs is 3. The first kappa shape index (κ1) is 22.6. The Morgan fingerprint density at radius 1 is 1.11 bits per heavy atom. The number of benzene rings is 2. The van der Waals surface area contributed by atoms with Crippen LogP contribution in [0.4, 0.5) is 10.6 Å². The number of rotatable bonds is 5. The molecule has 1 atom stereocenters. The number of aryl methyl sites for hydroxylation is 1. The van der Waals surface area contributed by atoms with Crippen molar-refractivity contribution in [3.8, 4) is 11.1 Å². The number of nitrogens with zero attached hydrogens (tertiary/aromatic N) is 3. The minimum atomic E-state index is -1.27. The minimum absolute atomic E-state index is 0.0656. The van der Waals surface area contributed by atoms with Crippen molar-refractivity contribution >= 4 is 23.8 Å².